The first-order valence-corrected chi connectivity index (χ1v) is 8.24. The quantitative estimate of drug-likeness (QED) is 0.447. The average Bonchev–Trinajstić information content (AvgIpc) is 2.97. The molecule has 9 nitrogen and oxygen atoms in total. The smallest absolute Gasteiger partial charge is 0.332 e. The molecule has 0 aromatic carbocycles. The normalized spacial score (nSPS) is 29.9. The van der Waals surface area contributed by atoms with Crippen LogP contribution in [0, 0.1) is 0 Å². The number of fused-ring (bicyclic) bond motifs is 1. The van der Waals surface area contributed by atoms with Gasteiger partial charge in [0.2, 0.25) is 0 Å². The third-order valence-electron chi connectivity index (χ3n) is 3.63. The van der Waals surface area contributed by atoms with E-state index < -0.39 is 54.5 Å². The van der Waals surface area contributed by atoms with Crippen LogP contribution in [0.3, 0.4) is 0 Å². The maximum absolute atomic E-state index is 12.4. The van der Waals surface area contributed by atoms with Crippen molar-refractivity contribution in [1.82, 2.24) is 0 Å². The third-order valence-corrected chi connectivity index (χ3v) is 3.63. The van der Waals surface area contributed by atoms with Crippen molar-refractivity contribution in [1.29, 1.82) is 0 Å². The highest BCUT2D eigenvalue weighted by Crippen LogP contribution is 2.39. The minimum absolute atomic E-state index is 0.173. The molecule has 2 heterocycles. The van der Waals surface area contributed by atoms with Crippen LogP contribution in [0.25, 0.3) is 0 Å². The van der Waals surface area contributed by atoms with E-state index in [-0.39, 0.29) is 19.8 Å². The first kappa shape index (κ1) is 19.8. The van der Waals surface area contributed by atoms with Crippen molar-refractivity contribution in [3.05, 3.63) is 0 Å². The molecule has 0 N–H and O–H groups in total. The Hall–Kier alpha value is -1.55. The Morgan fingerprint density at radius 2 is 1.64 bits per heavy atom. The highest BCUT2D eigenvalue weighted by molar-refractivity contribution is 5.98. The molecule has 0 aromatic heterocycles. The van der Waals surface area contributed by atoms with Gasteiger partial charge in [-0.05, 0) is 27.7 Å². The summed E-state index contributed by atoms with van der Waals surface area (Å²) in [5, 5.41) is 0. The molecule has 4 atom stereocenters. The Morgan fingerprint density at radius 3 is 2.28 bits per heavy atom. The summed E-state index contributed by atoms with van der Waals surface area (Å²) in [6, 6.07) is 0. The second-order valence-electron chi connectivity index (χ2n) is 6.05. The molecular formula is C16H24O9. The van der Waals surface area contributed by atoms with E-state index in [4.69, 9.17) is 28.4 Å². The van der Waals surface area contributed by atoms with Gasteiger partial charge in [0.05, 0.1) is 13.2 Å². The van der Waals surface area contributed by atoms with Crippen molar-refractivity contribution in [2.45, 2.75) is 64.5 Å². The van der Waals surface area contributed by atoms with Crippen LogP contribution in [-0.4, -0.2) is 67.9 Å². The number of hydrogen-bond acceptors (Lipinski definition) is 9. The van der Waals surface area contributed by atoms with Gasteiger partial charge in [-0.3, -0.25) is 9.59 Å². The Bertz CT molecular complexity index is 516. The fourth-order valence-corrected chi connectivity index (χ4v) is 2.74. The van der Waals surface area contributed by atoms with E-state index in [0.29, 0.717) is 0 Å². The standard InChI is InChI=1S/C16H24O9/c1-5-20-10(18)7-9(17)12-13(22-8-11(19)21-6-2)14-15(23-12)25-16(3,4)24-14/h12-15H,5-8H2,1-4H3/t12-,13+,14-,15-/m1/s1. The molecule has 0 saturated carbocycles. The van der Waals surface area contributed by atoms with E-state index in [2.05, 4.69) is 0 Å². The summed E-state index contributed by atoms with van der Waals surface area (Å²) in [7, 11) is 0. The van der Waals surface area contributed by atoms with Gasteiger partial charge in [-0.15, -0.1) is 0 Å². The van der Waals surface area contributed by atoms with Crippen molar-refractivity contribution in [2.24, 2.45) is 0 Å². The molecule has 0 radical (unpaired) electrons. The van der Waals surface area contributed by atoms with Crippen LogP contribution in [0.5, 0.6) is 0 Å². The molecule has 0 amide bonds. The number of hydrogen-bond donors (Lipinski definition) is 0. The van der Waals surface area contributed by atoms with Gasteiger partial charge < -0.3 is 28.4 Å². The molecule has 25 heavy (non-hydrogen) atoms. The Balaban J connectivity index is 2.05. The number of ketones is 1. The van der Waals surface area contributed by atoms with Crippen LogP contribution < -0.4 is 0 Å². The van der Waals surface area contributed by atoms with E-state index in [0.717, 1.165) is 0 Å². The van der Waals surface area contributed by atoms with Gasteiger partial charge >= 0.3 is 11.9 Å². The summed E-state index contributed by atoms with van der Waals surface area (Å²) in [5.74, 6) is -2.65. The predicted molar refractivity (Wildman–Crippen MR) is 81.3 cm³/mol. The van der Waals surface area contributed by atoms with Crippen LogP contribution in [-0.2, 0) is 42.8 Å². The maximum Gasteiger partial charge on any atom is 0.332 e. The fourth-order valence-electron chi connectivity index (χ4n) is 2.74. The van der Waals surface area contributed by atoms with E-state index in [1.807, 2.05) is 0 Å². The first-order chi connectivity index (χ1) is 11.8. The number of carbonyl (C=O) groups excluding carboxylic acids is 3. The highest BCUT2D eigenvalue weighted by Gasteiger charge is 2.57. The van der Waals surface area contributed by atoms with Crippen LogP contribution in [0.2, 0.25) is 0 Å². The summed E-state index contributed by atoms with van der Waals surface area (Å²) < 4.78 is 32.0. The first-order valence-electron chi connectivity index (χ1n) is 8.24. The highest BCUT2D eigenvalue weighted by atomic mass is 16.8. The van der Waals surface area contributed by atoms with Crippen molar-refractivity contribution in [3.63, 3.8) is 0 Å². The second kappa shape index (κ2) is 8.22. The molecule has 0 unspecified atom stereocenters. The lowest BCUT2D eigenvalue weighted by Crippen LogP contribution is -2.42. The Morgan fingerprint density at radius 1 is 1.00 bits per heavy atom. The van der Waals surface area contributed by atoms with Gasteiger partial charge in [0.15, 0.2) is 17.9 Å². The zero-order valence-corrected chi connectivity index (χ0v) is 14.8. The van der Waals surface area contributed by atoms with E-state index in [1.165, 1.54) is 0 Å². The zero-order valence-electron chi connectivity index (χ0n) is 14.8. The third kappa shape index (κ3) is 4.97. The molecule has 2 saturated heterocycles. The topological polar surface area (TPSA) is 107 Å². The van der Waals surface area contributed by atoms with Gasteiger partial charge in [0, 0.05) is 0 Å². The Kier molecular flexibility index (Phi) is 6.50. The summed E-state index contributed by atoms with van der Waals surface area (Å²) >= 11 is 0. The van der Waals surface area contributed by atoms with Crippen molar-refractivity contribution >= 4 is 17.7 Å². The molecule has 0 aliphatic carbocycles. The molecule has 142 valence electrons. The van der Waals surface area contributed by atoms with Gasteiger partial charge in [0.1, 0.15) is 31.3 Å². The molecule has 0 bridgehead atoms. The summed E-state index contributed by atoms with van der Waals surface area (Å²) in [5.41, 5.74) is 0. The van der Waals surface area contributed by atoms with Crippen molar-refractivity contribution < 1.29 is 42.8 Å². The number of Topliss-reactive ketones (excluding diaryl/α,β-unsaturated/α-hetero) is 1. The molecule has 2 aliphatic heterocycles. The van der Waals surface area contributed by atoms with Crippen LogP contribution >= 0.6 is 0 Å². The Labute approximate surface area is 145 Å². The van der Waals surface area contributed by atoms with E-state index in [1.54, 1.807) is 27.7 Å². The largest absolute Gasteiger partial charge is 0.466 e. The lowest BCUT2D eigenvalue weighted by Gasteiger charge is -2.24. The van der Waals surface area contributed by atoms with Crippen LogP contribution in [0.1, 0.15) is 34.1 Å². The van der Waals surface area contributed by atoms with E-state index in [9.17, 15) is 14.4 Å². The number of esters is 2. The number of ether oxygens (including phenoxy) is 6. The molecule has 0 spiro atoms. The lowest BCUT2D eigenvalue weighted by atomic mass is 10.0. The minimum atomic E-state index is -1.09. The molecule has 2 fully saturated rings. The number of carbonyl (C=O) groups is 3. The average molecular weight is 360 g/mol. The van der Waals surface area contributed by atoms with Crippen molar-refractivity contribution in [2.75, 3.05) is 19.8 Å². The van der Waals surface area contributed by atoms with Crippen LogP contribution in [0.4, 0.5) is 0 Å². The predicted octanol–water partition coefficient (Wildman–Crippen LogP) is 0.333. The molecular weight excluding hydrogens is 336 g/mol. The molecule has 2 aliphatic rings. The SMILES string of the molecule is CCOC(=O)CO[C@@H]1[C@H]2OC(C)(C)O[C@H]2O[C@@H]1C(=O)CC(=O)OCC. The monoisotopic (exact) mass is 360 g/mol. The summed E-state index contributed by atoms with van der Waals surface area (Å²) in [6.45, 7) is 6.75. The van der Waals surface area contributed by atoms with Gasteiger partial charge in [-0.1, -0.05) is 0 Å². The molecule has 9 heteroatoms. The van der Waals surface area contributed by atoms with Gasteiger partial charge in [-0.25, -0.2) is 4.79 Å². The second-order valence-corrected chi connectivity index (χ2v) is 6.05. The minimum Gasteiger partial charge on any atom is -0.466 e. The maximum atomic E-state index is 12.4. The van der Waals surface area contributed by atoms with Crippen molar-refractivity contribution in [3.8, 4) is 0 Å². The lowest BCUT2D eigenvalue weighted by molar-refractivity contribution is -0.218. The van der Waals surface area contributed by atoms with E-state index >= 15 is 0 Å². The fraction of sp³-hybridized carbons (Fsp3) is 0.812. The number of rotatable bonds is 8. The van der Waals surface area contributed by atoms with Gasteiger partial charge in [0.25, 0.3) is 0 Å². The zero-order chi connectivity index (χ0) is 18.6. The summed E-state index contributed by atoms with van der Waals surface area (Å²) in [4.78, 5) is 35.5. The van der Waals surface area contributed by atoms with Crippen LogP contribution in [0.15, 0.2) is 0 Å². The molecule has 0 aromatic rings. The summed E-state index contributed by atoms with van der Waals surface area (Å²) in [6.07, 6.45) is -3.96. The molecule has 2 rings (SSSR count). The van der Waals surface area contributed by atoms with Gasteiger partial charge in [-0.2, -0.15) is 0 Å².